The summed E-state index contributed by atoms with van der Waals surface area (Å²) in [5.41, 5.74) is -0.213. The molecule has 0 amide bonds. The predicted molar refractivity (Wildman–Crippen MR) is 85.3 cm³/mol. The summed E-state index contributed by atoms with van der Waals surface area (Å²) in [5, 5.41) is 11.8. The number of hydrogen-bond acceptors (Lipinski definition) is 3. The molecule has 1 spiro atoms. The van der Waals surface area contributed by atoms with E-state index in [1.807, 2.05) is 11.8 Å². The predicted octanol–water partition coefficient (Wildman–Crippen LogP) is 3.48. The van der Waals surface area contributed by atoms with Gasteiger partial charge in [-0.2, -0.15) is 11.8 Å². The highest BCUT2D eigenvalue weighted by Crippen LogP contribution is 2.62. The van der Waals surface area contributed by atoms with Crippen molar-refractivity contribution in [2.45, 2.75) is 62.6 Å². The van der Waals surface area contributed by atoms with Gasteiger partial charge >= 0.3 is 0 Å². The lowest BCUT2D eigenvalue weighted by Gasteiger charge is -2.62. The lowest BCUT2D eigenvalue weighted by atomic mass is 9.46. The van der Waals surface area contributed by atoms with E-state index in [-0.39, 0.29) is 11.2 Å². The Morgan fingerprint density at radius 1 is 0.952 bits per heavy atom. The van der Waals surface area contributed by atoms with Crippen LogP contribution >= 0.6 is 11.8 Å². The van der Waals surface area contributed by atoms with Crippen molar-refractivity contribution in [1.29, 1.82) is 0 Å². The average Bonchev–Trinajstić information content (AvgIpc) is 2.91. The summed E-state index contributed by atoms with van der Waals surface area (Å²) in [6, 6.07) is 0. The summed E-state index contributed by atoms with van der Waals surface area (Å²) in [6.07, 6.45) is 10.2. The van der Waals surface area contributed by atoms with Gasteiger partial charge in [-0.25, -0.2) is 0 Å². The van der Waals surface area contributed by atoms with E-state index in [1.165, 1.54) is 50.0 Å². The molecule has 3 heteroatoms. The van der Waals surface area contributed by atoms with Crippen LogP contribution in [0.1, 0.15) is 51.4 Å². The highest BCUT2D eigenvalue weighted by atomic mass is 32.2. The number of aliphatic hydroxyl groups is 1. The third-order valence-electron chi connectivity index (χ3n) is 7.66. The molecule has 2 saturated heterocycles. The second-order valence-corrected chi connectivity index (χ2v) is 9.82. The molecule has 21 heavy (non-hydrogen) atoms. The van der Waals surface area contributed by atoms with Gasteiger partial charge in [0.05, 0.1) is 11.2 Å². The summed E-state index contributed by atoms with van der Waals surface area (Å²) in [5.74, 6) is 6.06. The molecule has 2 aliphatic heterocycles. The van der Waals surface area contributed by atoms with E-state index in [4.69, 9.17) is 4.74 Å². The van der Waals surface area contributed by atoms with Crippen LogP contribution in [0.3, 0.4) is 0 Å². The molecule has 6 rings (SSSR count). The minimum absolute atomic E-state index is 0.123. The molecule has 6 fully saturated rings. The fourth-order valence-corrected chi connectivity index (χ4v) is 8.27. The Bertz CT molecular complexity index is 401. The lowest BCUT2D eigenvalue weighted by Crippen LogP contribution is -2.63. The molecule has 4 bridgehead atoms. The quantitative estimate of drug-likeness (QED) is 0.804. The second-order valence-electron chi connectivity index (χ2n) is 8.72. The number of ether oxygens (including phenoxy) is 1. The van der Waals surface area contributed by atoms with Crippen LogP contribution in [0.4, 0.5) is 0 Å². The van der Waals surface area contributed by atoms with Crippen LogP contribution in [-0.4, -0.2) is 34.4 Å². The monoisotopic (exact) mass is 308 g/mol. The zero-order valence-corrected chi connectivity index (χ0v) is 13.7. The van der Waals surface area contributed by atoms with Crippen LogP contribution < -0.4 is 0 Å². The van der Waals surface area contributed by atoms with E-state index in [0.29, 0.717) is 17.8 Å². The van der Waals surface area contributed by atoms with Crippen molar-refractivity contribution in [3.8, 4) is 0 Å². The van der Waals surface area contributed by atoms with Crippen molar-refractivity contribution in [3.05, 3.63) is 0 Å². The minimum atomic E-state index is -0.336. The van der Waals surface area contributed by atoms with E-state index in [0.717, 1.165) is 31.3 Å². The number of rotatable bonds is 1. The summed E-state index contributed by atoms with van der Waals surface area (Å²) < 4.78 is 6.21. The molecule has 118 valence electrons. The first-order valence-corrected chi connectivity index (χ1v) is 10.3. The Morgan fingerprint density at radius 3 is 2.29 bits per heavy atom. The Balaban J connectivity index is 1.43. The molecule has 0 aromatic heterocycles. The molecule has 2 atom stereocenters. The van der Waals surface area contributed by atoms with Gasteiger partial charge in [-0.15, -0.1) is 0 Å². The van der Waals surface area contributed by atoms with Crippen molar-refractivity contribution in [2.24, 2.45) is 29.6 Å². The summed E-state index contributed by atoms with van der Waals surface area (Å²) in [4.78, 5) is 0. The fourth-order valence-electron chi connectivity index (χ4n) is 6.89. The molecule has 4 aliphatic carbocycles. The van der Waals surface area contributed by atoms with Crippen LogP contribution in [0, 0.1) is 29.6 Å². The molecule has 2 nitrogen and oxygen atoms in total. The first-order valence-electron chi connectivity index (χ1n) is 9.12. The number of thioether (sulfide) groups is 1. The van der Waals surface area contributed by atoms with Gasteiger partial charge in [-0.3, -0.25) is 0 Å². The van der Waals surface area contributed by atoms with Gasteiger partial charge in [0.25, 0.3) is 0 Å². The smallest absolute Gasteiger partial charge is 0.0784 e. The molecule has 0 radical (unpaired) electrons. The lowest BCUT2D eigenvalue weighted by molar-refractivity contribution is -0.228. The second kappa shape index (κ2) is 4.64. The Labute approximate surface area is 132 Å². The van der Waals surface area contributed by atoms with Crippen LogP contribution in [0.25, 0.3) is 0 Å². The molecule has 2 heterocycles. The maximum absolute atomic E-state index is 11.8. The van der Waals surface area contributed by atoms with Crippen LogP contribution in [0.2, 0.25) is 0 Å². The zero-order valence-electron chi connectivity index (χ0n) is 12.9. The van der Waals surface area contributed by atoms with E-state index in [9.17, 15) is 5.11 Å². The maximum Gasteiger partial charge on any atom is 0.0784 e. The summed E-state index contributed by atoms with van der Waals surface area (Å²) >= 11 is 2.05. The van der Waals surface area contributed by atoms with E-state index < -0.39 is 0 Å². The maximum atomic E-state index is 11.8. The Kier molecular flexibility index (Phi) is 3.02. The first kappa shape index (κ1) is 13.7. The highest BCUT2D eigenvalue weighted by molar-refractivity contribution is 7.99. The molecule has 4 saturated carbocycles. The number of hydrogen-bond donors (Lipinski definition) is 1. The standard InChI is InChI=1S/C18H28O2S/c19-18(14-1-3-20-17(10-14)2-4-21-11-17)15-6-12-5-13(8-15)9-16(18)7-12/h12-16,19H,1-11H2. The SMILES string of the molecule is OC1(C2CCOC3(CCSC3)C2)C2CC3CC(C2)CC1C3. The van der Waals surface area contributed by atoms with E-state index in [2.05, 4.69) is 0 Å². The van der Waals surface area contributed by atoms with Crippen LogP contribution in [0.15, 0.2) is 0 Å². The van der Waals surface area contributed by atoms with Gasteiger partial charge < -0.3 is 9.84 Å². The molecular formula is C18H28O2S. The molecular weight excluding hydrogens is 280 g/mol. The van der Waals surface area contributed by atoms with Gasteiger partial charge in [0.1, 0.15) is 0 Å². The largest absolute Gasteiger partial charge is 0.389 e. The van der Waals surface area contributed by atoms with Gasteiger partial charge in [-0.1, -0.05) is 0 Å². The molecule has 0 aromatic carbocycles. The molecule has 6 aliphatic rings. The Morgan fingerprint density at radius 2 is 1.67 bits per heavy atom. The van der Waals surface area contributed by atoms with Crippen molar-refractivity contribution in [3.63, 3.8) is 0 Å². The van der Waals surface area contributed by atoms with Crippen molar-refractivity contribution < 1.29 is 9.84 Å². The fraction of sp³-hybridized carbons (Fsp3) is 1.00. The molecule has 0 aromatic rings. The van der Waals surface area contributed by atoms with Crippen molar-refractivity contribution in [2.75, 3.05) is 18.1 Å². The summed E-state index contributed by atoms with van der Waals surface area (Å²) in [6.45, 7) is 0.889. The van der Waals surface area contributed by atoms with Crippen LogP contribution in [-0.2, 0) is 4.74 Å². The van der Waals surface area contributed by atoms with Crippen molar-refractivity contribution in [1.82, 2.24) is 0 Å². The normalized spacial score (nSPS) is 59.0. The van der Waals surface area contributed by atoms with Gasteiger partial charge in [0, 0.05) is 12.4 Å². The van der Waals surface area contributed by atoms with Crippen molar-refractivity contribution >= 4 is 11.8 Å². The van der Waals surface area contributed by atoms with E-state index >= 15 is 0 Å². The topological polar surface area (TPSA) is 29.5 Å². The van der Waals surface area contributed by atoms with Gasteiger partial charge in [-0.05, 0) is 86.7 Å². The van der Waals surface area contributed by atoms with Gasteiger partial charge in [0.2, 0.25) is 0 Å². The van der Waals surface area contributed by atoms with E-state index in [1.54, 1.807) is 0 Å². The minimum Gasteiger partial charge on any atom is -0.389 e. The highest BCUT2D eigenvalue weighted by Gasteiger charge is 2.61. The molecule has 1 N–H and O–H groups in total. The summed E-state index contributed by atoms with van der Waals surface area (Å²) in [7, 11) is 0. The van der Waals surface area contributed by atoms with Gasteiger partial charge in [0.15, 0.2) is 0 Å². The molecule has 2 unspecified atom stereocenters. The third kappa shape index (κ3) is 1.93. The van der Waals surface area contributed by atoms with Crippen LogP contribution in [0.5, 0.6) is 0 Å². The first-order chi connectivity index (χ1) is 10.2. The average molecular weight is 308 g/mol. The third-order valence-corrected chi connectivity index (χ3v) is 8.88. The zero-order chi connectivity index (χ0) is 14.1. The Hall–Kier alpha value is 0.270.